The van der Waals surface area contributed by atoms with Gasteiger partial charge in [-0.1, -0.05) is 17.7 Å². The fourth-order valence-electron chi connectivity index (χ4n) is 1.54. The van der Waals surface area contributed by atoms with E-state index in [1.807, 2.05) is 0 Å². The predicted molar refractivity (Wildman–Crippen MR) is 76.1 cm³/mol. The van der Waals surface area contributed by atoms with Gasteiger partial charge in [0.15, 0.2) is 0 Å². The molecule has 1 aromatic carbocycles. The van der Waals surface area contributed by atoms with Crippen molar-refractivity contribution in [3.05, 3.63) is 33.3 Å². The van der Waals surface area contributed by atoms with E-state index in [0.717, 1.165) is 0 Å². The lowest BCUT2D eigenvalue weighted by Crippen LogP contribution is -2.28. The molecule has 0 radical (unpaired) electrons. The van der Waals surface area contributed by atoms with Crippen LogP contribution in [-0.2, 0) is 9.53 Å². The van der Waals surface area contributed by atoms with Gasteiger partial charge in [-0.15, -0.1) is 0 Å². The Hall–Kier alpha value is -1.86. The Morgan fingerprint density at radius 2 is 2.20 bits per heavy atom. The summed E-state index contributed by atoms with van der Waals surface area (Å²) in [5, 5.41) is 16.5. The maximum absolute atomic E-state index is 11.4. The quantitative estimate of drug-likeness (QED) is 0.434. The van der Waals surface area contributed by atoms with Gasteiger partial charge in [0.2, 0.25) is 5.91 Å². The Morgan fingerprint density at radius 1 is 1.45 bits per heavy atom. The molecule has 1 rings (SSSR count). The van der Waals surface area contributed by atoms with E-state index in [9.17, 15) is 14.9 Å². The van der Waals surface area contributed by atoms with Crippen molar-refractivity contribution in [1.82, 2.24) is 5.32 Å². The van der Waals surface area contributed by atoms with Crippen LogP contribution in [0.3, 0.4) is 0 Å². The summed E-state index contributed by atoms with van der Waals surface area (Å²) >= 11 is 5.78. The van der Waals surface area contributed by atoms with Gasteiger partial charge in [0, 0.05) is 26.6 Å². The molecule has 0 aromatic heterocycles. The molecule has 0 aliphatic heterocycles. The highest BCUT2D eigenvalue weighted by Gasteiger charge is 2.17. The second-order valence-corrected chi connectivity index (χ2v) is 4.32. The number of nitro benzene ring substituents is 1. The molecule has 1 aromatic rings. The molecule has 2 N–H and O–H groups in total. The maximum atomic E-state index is 11.4. The molecule has 7 nitrogen and oxygen atoms in total. The van der Waals surface area contributed by atoms with Crippen molar-refractivity contribution in [3.63, 3.8) is 0 Å². The second-order valence-electron chi connectivity index (χ2n) is 3.91. The first-order chi connectivity index (χ1) is 9.56. The summed E-state index contributed by atoms with van der Waals surface area (Å²) in [6, 6.07) is 4.60. The van der Waals surface area contributed by atoms with Crippen LogP contribution < -0.4 is 10.6 Å². The minimum atomic E-state index is -0.552. The summed E-state index contributed by atoms with van der Waals surface area (Å²) < 4.78 is 4.80. The van der Waals surface area contributed by atoms with Gasteiger partial charge in [0.1, 0.15) is 10.7 Å². The fourth-order valence-corrected chi connectivity index (χ4v) is 1.78. The van der Waals surface area contributed by atoms with Crippen molar-refractivity contribution in [2.75, 3.05) is 32.1 Å². The van der Waals surface area contributed by atoms with E-state index in [1.54, 1.807) is 19.2 Å². The summed E-state index contributed by atoms with van der Waals surface area (Å²) in [5.41, 5.74) is 0.112. The molecule has 0 aliphatic carbocycles. The summed E-state index contributed by atoms with van der Waals surface area (Å²) in [4.78, 5) is 21.8. The van der Waals surface area contributed by atoms with E-state index >= 15 is 0 Å². The number of para-hydroxylation sites is 1. The number of hydrogen-bond donors (Lipinski definition) is 2. The lowest BCUT2D eigenvalue weighted by molar-refractivity contribution is -0.383. The zero-order valence-electron chi connectivity index (χ0n) is 11.0. The van der Waals surface area contributed by atoms with Crippen LogP contribution in [0.1, 0.15) is 6.42 Å². The molecule has 0 aliphatic rings. The van der Waals surface area contributed by atoms with Crippen LogP contribution >= 0.6 is 11.6 Å². The lowest BCUT2D eigenvalue weighted by atomic mass is 10.2. The minimum absolute atomic E-state index is 0.0598. The number of nitrogens with zero attached hydrogens (tertiary/aromatic N) is 1. The largest absolute Gasteiger partial charge is 0.383 e. The van der Waals surface area contributed by atoms with Crippen LogP contribution in [0.2, 0.25) is 5.02 Å². The zero-order chi connectivity index (χ0) is 15.0. The molecule has 0 fully saturated rings. The smallest absolute Gasteiger partial charge is 0.310 e. The number of carbonyl (C=O) groups is 1. The number of amides is 1. The highest BCUT2D eigenvalue weighted by atomic mass is 35.5. The molecule has 0 heterocycles. The number of ether oxygens (including phenoxy) is 1. The Kier molecular flexibility index (Phi) is 6.75. The number of nitro groups is 1. The van der Waals surface area contributed by atoms with E-state index in [2.05, 4.69) is 10.6 Å². The monoisotopic (exact) mass is 301 g/mol. The molecule has 0 bridgehead atoms. The van der Waals surface area contributed by atoms with Crippen LogP contribution in [-0.4, -0.2) is 37.6 Å². The predicted octanol–water partition coefficient (Wildman–Crippen LogP) is 1.81. The van der Waals surface area contributed by atoms with E-state index in [-0.39, 0.29) is 29.6 Å². The normalized spacial score (nSPS) is 10.1. The first-order valence-electron chi connectivity index (χ1n) is 5.98. The molecule has 20 heavy (non-hydrogen) atoms. The van der Waals surface area contributed by atoms with Gasteiger partial charge in [0.05, 0.1) is 11.5 Å². The Labute approximate surface area is 121 Å². The number of methoxy groups -OCH3 is 1. The first-order valence-corrected chi connectivity index (χ1v) is 6.36. The molecule has 8 heteroatoms. The molecule has 0 atom stereocenters. The number of rotatable bonds is 8. The maximum Gasteiger partial charge on any atom is 0.310 e. The molecule has 0 unspecified atom stereocenters. The average Bonchev–Trinajstić information content (AvgIpc) is 2.38. The first kappa shape index (κ1) is 16.2. The van der Waals surface area contributed by atoms with Gasteiger partial charge in [0.25, 0.3) is 0 Å². The molecule has 110 valence electrons. The number of halogens is 1. The molecule has 0 spiro atoms. The number of carbonyl (C=O) groups excluding carboxylic acids is 1. The van der Waals surface area contributed by atoms with Gasteiger partial charge in [-0.2, -0.15) is 0 Å². The number of anilines is 1. The molecule has 0 saturated heterocycles. The topological polar surface area (TPSA) is 93.5 Å². The van der Waals surface area contributed by atoms with Gasteiger partial charge < -0.3 is 15.4 Å². The van der Waals surface area contributed by atoms with Crippen LogP contribution in [0, 0.1) is 10.1 Å². The van der Waals surface area contributed by atoms with Crippen molar-refractivity contribution in [1.29, 1.82) is 0 Å². The van der Waals surface area contributed by atoms with Crippen LogP contribution in [0.4, 0.5) is 11.4 Å². The average molecular weight is 302 g/mol. The van der Waals surface area contributed by atoms with Crippen molar-refractivity contribution in [2.45, 2.75) is 6.42 Å². The third-order valence-corrected chi connectivity index (χ3v) is 2.77. The Morgan fingerprint density at radius 3 is 2.85 bits per heavy atom. The molecule has 0 saturated carbocycles. The van der Waals surface area contributed by atoms with Gasteiger partial charge in [-0.25, -0.2) is 0 Å². The highest BCUT2D eigenvalue weighted by molar-refractivity contribution is 6.33. The van der Waals surface area contributed by atoms with Crippen molar-refractivity contribution in [2.24, 2.45) is 0 Å². The molecule has 1 amide bonds. The Bertz CT molecular complexity index is 482. The molecular formula is C12H16ClN3O4. The van der Waals surface area contributed by atoms with Crippen molar-refractivity contribution >= 4 is 28.9 Å². The number of nitrogens with one attached hydrogen (secondary N) is 2. The summed E-state index contributed by atoms with van der Waals surface area (Å²) in [7, 11) is 1.55. The lowest BCUT2D eigenvalue weighted by Gasteiger charge is -2.08. The van der Waals surface area contributed by atoms with Crippen LogP contribution in [0.5, 0.6) is 0 Å². The van der Waals surface area contributed by atoms with Crippen LogP contribution in [0.25, 0.3) is 0 Å². The van der Waals surface area contributed by atoms with Gasteiger partial charge >= 0.3 is 5.69 Å². The number of benzene rings is 1. The summed E-state index contributed by atoms with van der Waals surface area (Å²) in [6.45, 7) is 1.16. The summed E-state index contributed by atoms with van der Waals surface area (Å²) in [6.07, 6.45) is 0.202. The Balaban J connectivity index is 2.48. The second kappa shape index (κ2) is 8.34. The van der Waals surface area contributed by atoms with Gasteiger partial charge in [-0.3, -0.25) is 14.9 Å². The third-order valence-electron chi connectivity index (χ3n) is 2.47. The zero-order valence-corrected chi connectivity index (χ0v) is 11.8. The van der Waals surface area contributed by atoms with Crippen molar-refractivity contribution < 1.29 is 14.5 Å². The minimum Gasteiger partial charge on any atom is -0.383 e. The van der Waals surface area contributed by atoms with Crippen LogP contribution in [0.15, 0.2) is 18.2 Å². The van der Waals surface area contributed by atoms with Gasteiger partial charge in [-0.05, 0) is 12.1 Å². The highest BCUT2D eigenvalue weighted by Crippen LogP contribution is 2.31. The third kappa shape index (κ3) is 5.02. The van der Waals surface area contributed by atoms with E-state index in [4.69, 9.17) is 16.3 Å². The van der Waals surface area contributed by atoms with E-state index < -0.39 is 4.92 Å². The van der Waals surface area contributed by atoms with E-state index in [1.165, 1.54) is 6.07 Å². The summed E-state index contributed by atoms with van der Waals surface area (Å²) in [5.74, 6) is -0.153. The SMILES string of the molecule is COCCNC(=O)CCNc1cccc(Cl)c1[N+](=O)[O-]. The molecular weight excluding hydrogens is 286 g/mol. The fraction of sp³-hybridized carbons (Fsp3) is 0.417. The van der Waals surface area contributed by atoms with Crippen molar-refractivity contribution in [3.8, 4) is 0 Å². The van der Waals surface area contributed by atoms with E-state index in [0.29, 0.717) is 18.8 Å². The number of hydrogen-bond acceptors (Lipinski definition) is 5. The standard InChI is InChI=1S/C12H16ClN3O4/c1-20-8-7-15-11(17)5-6-14-10-4-2-3-9(13)12(10)16(18)19/h2-4,14H,5-8H2,1H3,(H,15,17).